The number of hydrogen-bond donors (Lipinski definition) is 1. The normalized spacial score (nSPS) is 21.0. The summed E-state index contributed by atoms with van der Waals surface area (Å²) in [5, 5.41) is 4.25. The van der Waals surface area contributed by atoms with Crippen LogP contribution in [0.15, 0.2) is 22.7 Å². The van der Waals surface area contributed by atoms with E-state index in [1.165, 1.54) is 5.56 Å². The maximum Gasteiger partial charge on any atom is 0.0410 e. The van der Waals surface area contributed by atoms with Crippen LogP contribution in [0.2, 0.25) is 5.02 Å². The second kappa shape index (κ2) is 6.95. The molecule has 0 aliphatic carbocycles. The summed E-state index contributed by atoms with van der Waals surface area (Å²) in [4.78, 5) is 2.46. The van der Waals surface area contributed by atoms with Gasteiger partial charge in [-0.2, -0.15) is 0 Å². The molecule has 2 rings (SSSR count). The van der Waals surface area contributed by atoms with Gasteiger partial charge in [0.25, 0.3) is 0 Å². The molecule has 0 spiro atoms. The molecule has 1 N–H and O–H groups in total. The molecule has 5 heteroatoms. The fourth-order valence-electron chi connectivity index (χ4n) is 2.06. The van der Waals surface area contributed by atoms with Crippen molar-refractivity contribution in [2.75, 3.05) is 19.6 Å². The third-order valence-electron chi connectivity index (χ3n) is 2.85. The Morgan fingerprint density at radius 2 is 2.29 bits per heavy atom. The molecular formula is C12H17BrCl2N2. The number of halogens is 3. The van der Waals surface area contributed by atoms with E-state index in [2.05, 4.69) is 33.1 Å². The first-order valence-electron chi connectivity index (χ1n) is 5.55. The van der Waals surface area contributed by atoms with Crippen LogP contribution in [0.4, 0.5) is 0 Å². The van der Waals surface area contributed by atoms with Crippen molar-refractivity contribution in [2.24, 2.45) is 0 Å². The van der Waals surface area contributed by atoms with E-state index in [-0.39, 0.29) is 12.4 Å². The molecule has 1 heterocycles. The molecule has 1 aromatic carbocycles. The Morgan fingerprint density at radius 1 is 1.53 bits per heavy atom. The second-order valence-corrected chi connectivity index (χ2v) is 5.62. The van der Waals surface area contributed by atoms with Crippen molar-refractivity contribution in [1.82, 2.24) is 10.2 Å². The molecule has 2 nitrogen and oxygen atoms in total. The number of nitrogens with one attached hydrogen (secondary N) is 1. The molecule has 0 bridgehead atoms. The first-order chi connectivity index (χ1) is 7.65. The van der Waals surface area contributed by atoms with Crippen LogP contribution in [0.3, 0.4) is 0 Å². The van der Waals surface area contributed by atoms with Crippen molar-refractivity contribution >= 4 is 39.9 Å². The molecular weight excluding hydrogens is 323 g/mol. The van der Waals surface area contributed by atoms with Crippen LogP contribution in [0.1, 0.15) is 12.5 Å². The lowest BCUT2D eigenvalue weighted by atomic mass is 10.1. The van der Waals surface area contributed by atoms with E-state index in [1.54, 1.807) is 0 Å². The van der Waals surface area contributed by atoms with Gasteiger partial charge in [0.05, 0.1) is 0 Å². The van der Waals surface area contributed by atoms with Crippen molar-refractivity contribution in [3.05, 3.63) is 33.3 Å². The Labute approximate surface area is 122 Å². The number of rotatable bonds is 2. The second-order valence-electron chi connectivity index (χ2n) is 4.33. The molecule has 0 aromatic heterocycles. The van der Waals surface area contributed by atoms with Crippen LogP contribution in [-0.4, -0.2) is 30.6 Å². The Kier molecular flexibility index (Phi) is 6.24. The zero-order valence-corrected chi connectivity index (χ0v) is 12.9. The molecule has 1 aromatic rings. The van der Waals surface area contributed by atoms with Gasteiger partial charge in [-0.25, -0.2) is 0 Å². The first-order valence-corrected chi connectivity index (χ1v) is 6.72. The standard InChI is InChI=1S/C12H16BrClN2.ClH/c1-9-7-16(5-4-15-9)8-10-6-11(14)2-3-12(10)13;/h2-3,6,9,15H,4-5,7-8H2,1H3;1H. The number of benzene rings is 1. The Hall–Kier alpha value is 0.200. The van der Waals surface area contributed by atoms with E-state index in [4.69, 9.17) is 11.6 Å². The fourth-order valence-corrected chi connectivity index (χ4v) is 2.63. The lowest BCUT2D eigenvalue weighted by Crippen LogP contribution is -2.48. The molecule has 1 aliphatic heterocycles. The van der Waals surface area contributed by atoms with E-state index < -0.39 is 0 Å². The minimum atomic E-state index is 0. The summed E-state index contributed by atoms with van der Waals surface area (Å²) in [6, 6.07) is 6.55. The lowest BCUT2D eigenvalue weighted by molar-refractivity contribution is 0.199. The van der Waals surface area contributed by atoms with Gasteiger partial charge >= 0.3 is 0 Å². The highest BCUT2D eigenvalue weighted by Gasteiger charge is 2.16. The van der Waals surface area contributed by atoms with Crippen LogP contribution in [0.25, 0.3) is 0 Å². The van der Waals surface area contributed by atoms with Crippen molar-refractivity contribution in [2.45, 2.75) is 19.5 Å². The number of piperazine rings is 1. The van der Waals surface area contributed by atoms with Crippen LogP contribution in [-0.2, 0) is 6.54 Å². The maximum absolute atomic E-state index is 6.01. The van der Waals surface area contributed by atoms with E-state index >= 15 is 0 Å². The van der Waals surface area contributed by atoms with Crippen LogP contribution in [0, 0.1) is 0 Å². The predicted octanol–water partition coefficient (Wildman–Crippen LogP) is 3.32. The topological polar surface area (TPSA) is 15.3 Å². The first kappa shape index (κ1) is 15.3. The van der Waals surface area contributed by atoms with Crippen molar-refractivity contribution in [3.63, 3.8) is 0 Å². The van der Waals surface area contributed by atoms with Gasteiger partial charge in [-0.1, -0.05) is 27.5 Å². The van der Waals surface area contributed by atoms with E-state index in [9.17, 15) is 0 Å². The highest BCUT2D eigenvalue weighted by Crippen LogP contribution is 2.22. The van der Waals surface area contributed by atoms with Crippen molar-refractivity contribution < 1.29 is 0 Å². The molecule has 1 saturated heterocycles. The average molecular weight is 340 g/mol. The highest BCUT2D eigenvalue weighted by atomic mass is 79.9. The Balaban J connectivity index is 0.00000144. The summed E-state index contributed by atoms with van der Waals surface area (Å²) >= 11 is 9.58. The Bertz CT molecular complexity index is 374. The van der Waals surface area contributed by atoms with Crippen molar-refractivity contribution in [1.29, 1.82) is 0 Å². The predicted molar refractivity (Wildman–Crippen MR) is 79.1 cm³/mol. The van der Waals surface area contributed by atoms with Crippen LogP contribution >= 0.6 is 39.9 Å². The number of nitrogens with zero attached hydrogens (tertiary/aromatic N) is 1. The van der Waals surface area contributed by atoms with Gasteiger partial charge in [-0.3, -0.25) is 4.90 Å². The summed E-state index contributed by atoms with van der Waals surface area (Å²) in [6.45, 7) is 6.45. The molecule has 0 radical (unpaired) electrons. The fraction of sp³-hybridized carbons (Fsp3) is 0.500. The molecule has 0 saturated carbocycles. The van der Waals surface area contributed by atoms with Crippen molar-refractivity contribution in [3.8, 4) is 0 Å². The zero-order valence-electron chi connectivity index (χ0n) is 9.75. The monoisotopic (exact) mass is 338 g/mol. The minimum Gasteiger partial charge on any atom is -0.312 e. The van der Waals surface area contributed by atoms with Gasteiger partial charge in [0, 0.05) is 41.7 Å². The summed E-state index contributed by atoms with van der Waals surface area (Å²) in [6.07, 6.45) is 0. The highest BCUT2D eigenvalue weighted by molar-refractivity contribution is 9.10. The molecule has 96 valence electrons. The molecule has 1 atom stereocenters. The number of hydrogen-bond acceptors (Lipinski definition) is 2. The average Bonchev–Trinajstić information content (AvgIpc) is 2.24. The summed E-state index contributed by atoms with van der Waals surface area (Å²) in [7, 11) is 0. The van der Waals surface area contributed by atoms with Gasteiger partial charge < -0.3 is 5.32 Å². The molecule has 1 unspecified atom stereocenters. The minimum absolute atomic E-state index is 0. The van der Waals surface area contributed by atoms with E-state index in [0.717, 1.165) is 35.7 Å². The van der Waals surface area contributed by atoms with E-state index in [0.29, 0.717) is 6.04 Å². The third-order valence-corrected chi connectivity index (χ3v) is 3.86. The summed E-state index contributed by atoms with van der Waals surface area (Å²) < 4.78 is 1.14. The van der Waals surface area contributed by atoms with Crippen LogP contribution < -0.4 is 5.32 Å². The summed E-state index contributed by atoms with van der Waals surface area (Å²) in [5.74, 6) is 0. The van der Waals surface area contributed by atoms with Gasteiger partial charge in [-0.15, -0.1) is 12.4 Å². The van der Waals surface area contributed by atoms with E-state index in [1.807, 2.05) is 18.2 Å². The van der Waals surface area contributed by atoms with Gasteiger partial charge in [0.2, 0.25) is 0 Å². The third kappa shape index (κ3) is 4.42. The lowest BCUT2D eigenvalue weighted by Gasteiger charge is -2.32. The van der Waals surface area contributed by atoms with Gasteiger partial charge in [-0.05, 0) is 30.7 Å². The maximum atomic E-state index is 6.01. The molecule has 1 aliphatic rings. The smallest absolute Gasteiger partial charge is 0.0410 e. The quantitative estimate of drug-likeness (QED) is 0.889. The zero-order chi connectivity index (χ0) is 11.5. The molecule has 0 amide bonds. The van der Waals surface area contributed by atoms with Crippen LogP contribution in [0.5, 0.6) is 0 Å². The summed E-state index contributed by atoms with van der Waals surface area (Å²) in [5.41, 5.74) is 1.27. The molecule has 1 fully saturated rings. The molecule has 17 heavy (non-hydrogen) atoms. The van der Waals surface area contributed by atoms with Gasteiger partial charge in [0.1, 0.15) is 0 Å². The van der Waals surface area contributed by atoms with Gasteiger partial charge in [0.15, 0.2) is 0 Å². The largest absolute Gasteiger partial charge is 0.312 e. The Morgan fingerprint density at radius 3 is 3.00 bits per heavy atom. The SMILES string of the molecule is CC1CN(Cc2cc(Cl)ccc2Br)CCN1.Cl.